The molecule has 2 rings (SSSR count). The molecule has 0 spiro atoms. The molecule has 2 amide bonds. The zero-order valence-corrected chi connectivity index (χ0v) is 14.5. The summed E-state index contributed by atoms with van der Waals surface area (Å²) in [6.07, 6.45) is 1.87. The highest BCUT2D eigenvalue weighted by Gasteiger charge is 2.07. The first-order valence-corrected chi connectivity index (χ1v) is 8.95. The van der Waals surface area contributed by atoms with Crippen LogP contribution in [0.25, 0.3) is 0 Å². The zero-order chi connectivity index (χ0) is 17.4. The first-order chi connectivity index (χ1) is 11.6. The number of rotatable bonds is 7. The number of benzene rings is 2. The van der Waals surface area contributed by atoms with E-state index in [0.29, 0.717) is 29.3 Å². The van der Waals surface area contributed by atoms with Gasteiger partial charge in [0.15, 0.2) is 0 Å². The molecule has 2 N–H and O–H groups in total. The van der Waals surface area contributed by atoms with Gasteiger partial charge in [0.2, 0.25) is 5.91 Å². The van der Waals surface area contributed by atoms with Gasteiger partial charge in [0.05, 0.1) is 12.4 Å². The normalized spacial score (nSPS) is 10.1. The molecule has 0 bridgehead atoms. The topological polar surface area (TPSA) is 67.4 Å². The second-order valence-electron chi connectivity index (χ2n) is 4.97. The van der Waals surface area contributed by atoms with Gasteiger partial charge in [-0.25, -0.2) is 0 Å². The predicted octanol–water partition coefficient (Wildman–Crippen LogP) is 3.64. The van der Waals surface area contributed by atoms with Crippen molar-refractivity contribution in [3.63, 3.8) is 0 Å². The van der Waals surface area contributed by atoms with E-state index in [2.05, 4.69) is 10.6 Å². The van der Waals surface area contributed by atoms with Crippen molar-refractivity contribution in [3.05, 3.63) is 54.1 Å². The monoisotopic (exact) mass is 344 g/mol. The highest BCUT2D eigenvalue weighted by Crippen LogP contribution is 2.17. The first-order valence-electron chi connectivity index (χ1n) is 7.55. The second kappa shape index (κ2) is 8.98. The summed E-state index contributed by atoms with van der Waals surface area (Å²) in [5, 5.41) is 5.59. The lowest BCUT2D eigenvalue weighted by Crippen LogP contribution is -2.14. The molecule has 0 radical (unpaired) electrons. The summed E-state index contributed by atoms with van der Waals surface area (Å²) >= 11 is 1.46. The third-order valence-electron chi connectivity index (χ3n) is 3.13. The van der Waals surface area contributed by atoms with Gasteiger partial charge >= 0.3 is 0 Å². The molecule has 0 heterocycles. The maximum Gasteiger partial charge on any atom is 0.255 e. The Balaban J connectivity index is 1.95. The van der Waals surface area contributed by atoms with Crippen LogP contribution in [-0.4, -0.2) is 30.4 Å². The van der Waals surface area contributed by atoms with Crippen LogP contribution in [0.15, 0.2) is 48.5 Å². The maximum absolute atomic E-state index is 12.2. The zero-order valence-electron chi connectivity index (χ0n) is 13.7. The van der Waals surface area contributed by atoms with E-state index in [0.717, 1.165) is 5.75 Å². The van der Waals surface area contributed by atoms with Crippen molar-refractivity contribution in [2.75, 3.05) is 29.2 Å². The van der Waals surface area contributed by atoms with Crippen LogP contribution in [0.5, 0.6) is 5.75 Å². The van der Waals surface area contributed by atoms with Crippen molar-refractivity contribution in [1.82, 2.24) is 0 Å². The summed E-state index contributed by atoms with van der Waals surface area (Å²) in [6.45, 7) is 2.52. The number of carbonyl (C=O) groups excluding carboxylic acids is 2. The van der Waals surface area contributed by atoms with Crippen LogP contribution < -0.4 is 15.4 Å². The summed E-state index contributed by atoms with van der Waals surface area (Å²) in [5.41, 5.74) is 1.89. The standard InChI is InChI=1S/C18H20N2O3S/c1-3-23-16-10-8-15(9-11-16)20-18(22)13-4-6-14(7-5-13)19-17(21)12-24-2/h4-11H,3,12H2,1-2H3,(H,19,21)(H,20,22). The van der Waals surface area contributed by atoms with Gasteiger partial charge in [-0.3, -0.25) is 9.59 Å². The average molecular weight is 344 g/mol. The van der Waals surface area contributed by atoms with Crippen LogP contribution in [-0.2, 0) is 4.79 Å². The van der Waals surface area contributed by atoms with Crippen molar-refractivity contribution >= 4 is 35.0 Å². The number of thioether (sulfide) groups is 1. The fraction of sp³-hybridized carbons (Fsp3) is 0.222. The van der Waals surface area contributed by atoms with E-state index in [1.54, 1.807) is 36.4 Å². The van der Waals surface area contributed by atoms with E-state index < -0.39 is 0 Å². The highest BCUT2D eigenvalue weighted by atomic mass is 32.2. The molecular formula is C18H20N2O3S. The largest absolute Gasteiger partial charge is 0.494 e. The lowest BCUT2D eigenvalue weighted by atomic mass is 10.2. The average Bonchev–Trinajstić information content (AvgIpc) is 2.57. The van der Waals surface area contributed by atoms with Crippen molar-refractivity contribution in [3.8, 4) is 5.75 Å². The summed E-state index contributed by atoms with van der Waals surface area (Å²) in [4.78, 5) is 23.8. The fourth-order valence-electron chi connectivity index (χ4n) is 2.04. The van der Waals surface area contributed by atoms with E-state index in [9.17, 15) is 9.59 Å². The lowest BCUT2D eigenvalue weighted by Gasteiger charge is -2.08. The minimum absolute atomic E-state index is 0.0610. The fourth-order valence-corrected chi connectivity index (χ4v) is 2.37. The van der Waals surface area contributed by atoms with Crippen LogP contribution in [0.4, 0.5) is 11.4 Å². The Morgan fingerprint density at radius 1 is 0.958 bits per heavy atom. The number of anilines is 2. The molecule has 2 aromatic rings. The quantitative estimate of drug-likeness (QED) is 0.805. The van der Waals surface area contributed by atoms with Crippen molar-refractivity contribution in [1.29, 1.82) is 0 Å². The number of carbonyl (C=O) groups is 2. The van der Waals surface area contributed by atoms with Gasteiger partial charge in [-0.1, -0.05) is 0 Å². The van der Waals surface area contributed by atoms with Gasteiger partial charge in [-0.05, 0) is 61.7 Å². The van der Waals surface area contributed by atoms with Gasteiger partial charge in [0.1, 0.15) is 5.75 Å². The number of amides is 2. The van der Waals surface area contributed by atoms with Crippen LogP contribution in [0, 0.1) is 0 Å². The highest BCUT2D eigenvalue weighted by molar-refractivity contribution is 7.99. The predicted molar refractivity (Wildman–Crippen MR) is 99.0 cm³/mol. The van der Waals surface area contributed by atoms with Crippen LogP contribution in [0.1, 0.15) is 17.3 Å². The number of hydrogen-bond donors (Lipinski definition) is 2. The van der Waals surface area contributed by atoms with E-state index in [-0.39, 0.29) is 11.8 Å². The molecule has 0 saturated carbocycles. The SMILES string of the molecule is CCOc1ccc(NC(=O)c2ccc(NC(=O)CSC)cc2)cc1. The molecule has 5 nitrogen and oxygen atoms in total. The molecule has 0 aliphatic heterocycles. The molecule has 24 heavy (non-hydrogen) atoms. The molecule has 0 aromatic heterocycles. The molecule has 2 aromatic carbocycles. The Morgan fingerprint density at radius 2 is 1.54 bits per heavy atom. The molecule has 0 aliphatic rings. The molecular weight excluding hydrogens is 324 g/mol. The third kappa shape index (κ3) is 5.31. The Bertz CT molecular complexity index is 684. The number of ether oxygens (including phenoxy) is 1. The summed E-state index contributed by atoms with van der Waals surface area (Å²) in [7, 11) is 0. The lowest BCUT2D eigenvalue weighted by molar-refractivity contribution is -0.113. The van der Waals surface area contributed by atoms with Gasteiger partial charge in [0, 0.05) is 16.9 Å². The Hall–Kier alpha value is -2.47. The maximum atomic E-state index is 12.2. The van der Waals surface area contributed by atoms with E-state index >= 15 is 0 Å². The third-order valence-corrected chi connectivity index (χ3v) is 3.68. The van der Waals surface area contributed by atoms with Crippen LogP contribution in [0.2, 0.25) is 0 Å². The summed E-state index contributed by atoms with van der Waals surface area (Å²) in [5.74, 6) is 0.899. The molecule has 126 valence electrons. The number of hydrogen-bond acceptors (Lipinski definition) is 4. The molecule has 0 saturated heterocycles. The Kier molecular flexibility index (Phi) is 6.69. The van der Waals surface area contributed by atoms with E-state index in [4.69, 9.17) is 4.74 Å². The molecule has 0 aliphatic carbocycles. The second-order valence-corrected chi connectivity index (χ2v) is 5.84. The smallest absolute Gasteiger partial charge is 0.255 e. The number of nitrogens with one attached hydrogen (secondary N) is 2. The Labute approximate surface area is 145 Å². The van der Waals surface area contributed by atoms with Gasteiger partial charge in [-0.2, -0.15) is 11.8 Å². The van der Waals surface area contributed by atoms with Crippen LogP contribution in [0.3, 0.4) is 0 Å². The van der Waals surface area contributed by atoms with Crippen molar-refractivity contribution < 1.29 is 14.3 Å². The van der Waals surface area contributed by atoms with Crippen molar-refractivity contribution in [2.45, 2.75) is 6.92 Å². The Morgan fingerprint density at radius 3 is 2.12 bits per heavy atom. The van der Waals surface area contributed by atoms with Gasteiger partial charge < -0.3 is 15.4 Å². The summed E-state index contributed by atoms with van der Waals surface area (Å²) in [6, 6.07) is 14.0. The molecule has 0 atom stereocenters. The first kappa shape index (κ1) is 17.9. The van der Waals surface area contributed by atoms with Crippen molar-refractivity contribution in [2.24, 2.45) is 0 Å². The van der Waals surface area contributed by atoms with Crippen LogP contribution >= 0.6 is 11.8 Å². The molecule has 0 fully saturated rings. The minimum atomic E-state index is -0.207. The van der Waals surface area contributed by atoms with Gasteiger partial charge in [0.25, 0.3) is 5.91 Å². The van der Waals surface area contributed by atoms with E-state index in [1.807, 2.05) is 25.3 Å². The molecule has 6 heteroatoms. The van der Waals surface area contributed by atoms with E-state index in [1.165, 1.54) is 11.8 Å². The van der Waals surface area contributed by atoms with Gasteiger partial charge in [-0.15, -0.1) is 0 Å². The minimum Gasteiger partial charge on any atom is -0.494 e. The molecule has 0 unspecified atom stereocenters. The summed E-state index contributed by atoms with van der Waals surface area (Å²) < 4.78 is 5.36.